The molecule has 3 atom stereocenters. The Labute approximate surface area is 207 Å². The zero-order chi connectivity index (χ0) is 26.9. The molecular formula is C25H39N3O7. The van der Waals surface area contributed by atoms with Gasteiger partial charge in [0.25, 0.3) is 0 Å². The van der Waals surface area contributed by atoms with Crippen molar-refractivity contribution in [2.45, 2.75) is 78.6 Å². The van der Waals surface area contributed by atoms with Gasteiger partial charge < -0.3 is 30.1 Å². The number of aromatic hydroxyl groups is 1. The number of nitrogens with one attached hydrogen (secondary N) is 2. The summed E-state index contributed by atoms with van der Waals surface area (Å²) in [5.74, 6) is -2.15. The lowest BCUT2D eigenvalue weighted by Gasteiger charge is -2.38. The number of methoxy groups -OCH3 is 1. The minimum atomic E-state index is -1.19. The van der Waals surface area contributed by atoms with E-state index in [0.29, 0.717) is 12.0 Å². The summed E-state index contributed by atoms with van der Waals surface area (Å²) < 4.78 is 9.95. The number of carbonyl (C=O) groups is 4. The number of hydrogen-bond acceptors (Lipinski definition) is 7. The number of rotatable bonds is 10. The molecule has 1 rings (SSSR count). The van der Waals surface area contributed by atoms with Crippen LogP contribution in [-0.2, 0) is 23.9 Å². The predicted molar refractivity (Wildman–Crippen MR) is 130 cm³/mol. The van der Waals surface area contributed by atoms with Gasteiger partial charge in [-0.25, -0.2) is 4.79 Å². The highest BCUT2D eigenvalue weighted by molar-refractivity contribution is 5.93. The van der Waals surface area contributed by atoms with Crippen molar-refractivity contribution in [2.75, 3.05) is 13.7 Å². The molecule has 3 unspecified atom stereocenters. The molecule has 10 heteroatoms. The van der Waals surface area contributed by atoms with Crippen molar-refractivity contribution in [2.24, 2.45) is 5.92 Å². The molecule has 35 heavy (non-hydrogen) atoms. The molecule has 0 heterocycles. The van der Waals surface area contributed by atoms with Gasteiger partial charge in [-0.1, -0.05) is 32.4 Å². The molecule has 0 saturated carbocycles. The van der Waals surface area contributed by atoms with Crippen LogP contribution >= 0.6 is 0 Å². The van der Waals surface area contributed by atoms with Gasteiger partial charge in [0, 0.05) is 6.04 Å². The molecule has 1 aromatic rings. The number of hydrogen-bond donors (Lipinski definition) is 3. The van der Waals surface area contributed by atoms with E-state index in [-0.39, 0.29) is 11.7 Å². The van der Waals surface area contributed by atoms with Crippen molar-refractivity contribution in [3.63, 3.8) is 0 Å². The van der Waals surface area contributed by atoms with Crippen LogP contribution in [0.25, 0.3) is 0 Å². The summed E-state index contributed by atoms with van der Waals surface area (Å²) in [6.07, 6.45) is -0.173. The van der Waals surface area contributed by atoms with Gasteiger partial charge >= 0.3 is 12.1 Å². The molecule has 0 spiro atoms. The van der Waals surface area contributed by atoms with Crippen LogP contribution < -0.4 is 10.6 Å². The van der Waals surface area contributed by atoms with Crippen molar-refractivity contribution in [3.05, 3.63) is 29.8 Å². The van der Waals surface area contributed by atoms with E-state index in [1.54, 1.807) is 46.8 Å². The normalized spacial score (nSPS) is 13.9. The molecule has 196 valence electrons. The molecule has 0 saturated heterocycles. The van der Waals surface area contributed by atoms with Crippen LogP contribution in [0.4, 0.5) is 4.79 Å². The Morgan fingerprint density at radius 3 is 2.23 bits per heavy atom. The second kappa shape index (κ2) is 13.0. The Balaban J connectivity index is 3.47. The van der Waals surface area contributed by atoms with Gasteiger partial charge in [0.2, 0.25) is 11.8 Å². The first-order chi connectivity index (χ1) is 16.2. The Morgan fingerprint density at radius 1 is 1.11 bits per heavy atom. The number of carbonyl (C=O) groups excluding carboxylic acids is 4. The number of ether oxygens (including phenoxy) is 2. The van der Waals surface area contributed by atoms with E-state index in [4.69, 9.17) is 4.74 Å². The average Bonchev–Trinajstić information content (AvgIpc) is 2.76. The first-order valence-corrected chi connectivity index (χ1v) is 11.7. The SMILES string of the molecule is CCC(C)C(NC(=O)OC(C)(C)C)C(=O)N(C(C)C)C(C(=O)NCC(=O)OC)c1cccc(O)c1. The fourth-order valence-corrected chi connectivity index (χ4v) is 3.42. The summed E-state index contributed by atoms with van der Waals surface area (Å²) in [5, 5.41) is 15.2. The zero-order valence-electron chi connectivity index (χ0n) is 21.9. The van der Waals surface area contributed by atoms with Gasteiger partial charge in [-0.05, 0) is 58.2 Å². The number of nitrogens with zero attached hydrogens (tertiary/aromatic N) is 1. The summed E-state index contributed by atoms with van der Waals surface area (Å²) in [6.45, 7) is 11.9. The lowest BCUT2D eigenvalue weighted by Crippen LogP contribution is -2.57. The Hall–Kier alpha value is -3.30. The summed E-state index contributed by atoms with van der Waals surface area (Å²) in [5.41, 5.74) is -0.419. The molecular weight excluding hydrogens is 454 g/mol. The minimum absolute atomic E-state index is 0.0882. The van der Waals surface area contributed by atoms with Crippen LogP contribution in [0.3, 0.4) is 0 Å². The second-order valence-electron chi connectivity index (χ2n) is 9.64. The Kier molecular flexibility index (Phi) is 11.0. The third-order valence-electron chi connectivity index (χ3n) is 5.31. The Bertz CT molecular complexity index is 895. The van der Waals surface area contributed by atoms with E-state index in [9.17, 15) is 24.3 Å². The zero-order valence-corrected chi connectivity index (χ0v) is 21.9. The number of alkyl carbamates (subject to hydrolysis) is 1. The topological polar surface area (TPSA) is 134 Å². The first kappa shape index (κ1) is 29.7. The maximum absolute atomic E-state index is 13.9. The Morgan fingerprint density at radius 2 is 1.74 bits per heavy atom. The van der Waals surface area contributed by atoms with E-state index in [1.165, 1.54) is 24.1 Å². The molecule has 0 aromatic heterocycles. The van der Waals surface area contributed by atoms with Crippen molar-refractivity contribution < 1.29 is 33.8 Å². The highest BCUT2D eigenvalue weighted by Crippen LogP contribution is 2.28. The molecule has 0 bridgehead atoms. The van der Waals surface area contributed by atoms with Gasteiger partial charge in [-0.2, -0.15) is 0 Å². The van der Waals surface area contributed by atoms with Crippen molar-refractivity contribution in [3.8, 4) is 5.75 Å². The van der Waals surface area contributed by atoms with E-state index < -0.39 is 54.1 Å². The molecule has 0 aliphatic carbocycles. The lowest BCUT2D eigenvalue weighted by atomic mass is 9.95. The quantitative estimate of drug-likeness (QED) is 0.427. The summed E-state index contributed by atoms with van der Waals surface area (Å²) >= 11 is 0. The van der Waals surface area contributed by atoms with Gasteiger partial charge in [-0.3, -0.25) is 14.4 Å². The molecule has 10 nitrogen and oxygen atoms in total. The van der Waals surface area contributed by atoms with Crippen molar-refractivity contribution in [1.82, 2.24) is 15.5 Å². The summed E-state index contributed by atoms with van der Waals surface area (Å²) in [6, 6.07) is 3.33. The minimum Gasteiger partial charge on any atom is -0.508 e. The van der Waals surface area contributed by atoms with E-state index in [2.05, 4.69) is 15.4 Å². The van der Waals surface area contributed by atoms with Crippen LogP contribution in [0.15, 0.2) is 24.3 Å². The van der Waals surface area contributed by atoms with Crippen LogP contribution in [-0.4, -0.2) is 65.2 Å². The first-order valence-electron chi connectivity index (χ1n) is 11.7. The molecule has 0 aliphatic heterocycles. The van der Waals surface area contributed by atoms with Crippen LogP contribution in [0.2, 0.25) is 0 Å². The van der Waals surface area contributed by atoms with E-state index in [0.717, 1.165) is 0 Å². The standard InChI is InChI=1S/C25H39N3O7/c1-9-16(4)20(27-24(33)35-25(5,6)7)23(32)28(15(2)3)21(17-11-10-12-18(29)13-17)22(31)26-14-19(30)34-8/h10-13,15-16,20-21,29H,9,14H2,1-8H3,(H,26,31)(H,27,33). The number of amides is 3. The second-order valence-corrected chi connectivity index (χ2v) is 9.64. The third-order valence-corrected chi connectivity index (χ3v) is 5.31. The number of phenolic OH excluding ortho intramolecular Hbond substituents is 1. The number of phenols is 1. The molecule has 0 fully saturated rings. The number of benzene rings is 1. The third kappa shape index (κ3) is 9.11. The van der Waals surface area contributed by atoms with Crippen molar-refractivity contribution >= 4 is 23.9 Å². The maximum atomic E-state index is 13.9. The highest BCUT2D eigenvalue weighted by atomic mass is 16.6. The monoisotopic (exact) mass is 493 g/mol. The van der Waals surface area contributed by atoms with Crippen molar-refractivity contribution in [1.29, 1.82) is 0 Å². The smallest absolute Gasteiger partial charge is 0.408 e. The largest absolute Gasteiger partial charge is 0.508 e. The summed E-state index contributed by atoms with van der Waals surface area (Å²) in [7, 11) is 1.20. The molecule has 3 amide bonds. The van der Waals surface area contributed by atoms with Crippen LogP contribution in [0, 0.1) is 5.92 Å². The number of esters is 1. The van der Waals surface area contributed by atoms with Crippen LogP contribution in [0.5, 0.6) is 5.75 Å². The fraction of sp³-hybridized carbons (Fsp3) is 0.600. The fourth-order valence-electron chi connectivity index (χ4n) is 3.42. The maximum Gasteiger partial charge on any atom is 0.408 e. The molecule has 0 radical (unpaired) electrons. The highest BCUT2D eigenvalue weighted by Gasteiger charge is 2.39. The van der Waals surface area contributed by atoms with Gasteiger partial charge in [-0.15, -0.1) is 0 Å². The van der Waals surface area contributed by atoms with Gasteiger partial charge in [0.1, 0.15) is 30.0 Å². The molecule has 0 aliphatic rings. The van der Waals surface area contributed by atoms with Gasteiger partial charge in [0.05, 0.1) is 7.11 Å². The predicted octanol–water partition coefficient (Wildman–Crippen LogP) is 2.90. The van der Waals surface area contributed by atoms with E-state index >= 15 is 0 Å². The average molecular weight is 494 g/mol. The van der Waals surface area contributed by atoms with E-state index in [1.807, 2.05) is 13.8 Å². The molecule has 3 N–H and O–H groups in total. The molecule has 1 aromatic carbocycles. The van der Waals surface area contributed by atoms with Crippen LogP contribution in [0.1, 0.15) is 66.5 Å². The summed E-state index contributed by atoms with van der Waals surface area (Å²) in [4.78, 5) is 52.7. The van der Waals surface area contributed by atoms with Gasteiger partial charge in [0.15, 0.2) is 0 Å². The lowest BCUT2D eigenvalue weighted by molar-refractivity contribution is -0.146.